The fourth-order valence-electron chi connectivity index (χ4n) is 0.623. The van der Waals surface area contributed by atoms with Gasteiger partial charge in [-0.15, -0.1) is 11.6 Å². The quantitative estimate of drug-likeness (QED) is 0.379. The Morgan fingerprint density at radius 1 is 1.41 bits per heavy atom. The van der Waals surface area contributed by atoms with E-state index < -0.39 is 16.1 Å². The average molecular weight is 457 g/mol. The van der Waals surface area contributed by atoms with Crippen LogP contribution in [0, 0.1) is 0 Å². The molecular weight excluding hydrogens is 445 g/mol. The monoisotopic (exact) mass is 454 g/mol. The topological polar surface area (TPSA) is 44.8 Å². The van der Waals surface area contributed by atoms with E-state index in [2.05, 4.69) is 31.9 Å². The molecule has 3 atom stereocenters. The van der Waals surface area contributed by atoms with Crippen LogP contribution in [0.5, 0.6) is 0 Å². The first kappa shape index (κ1) is 18.9. The van der Waals surface area contributed by atoms with Crippen LogP contribution in [0.25, 0.3) is 0 Å². The first-order valence-electron chi connectivity index (χ1n) is 4.53. The third-order valence-corrected chi connectivity index (χ3v) is 5.98. The lowest BCUT2D eigenvalue weighted by Crippen LogP contribution is -2.22. The summed E-state index contributed by atoms with van der Waals surface area (Å²) in [6.45, 7) is 3.49. The molecular formula is C7H12Br2Cl3O4P. The average Bonchev–Trinajstić information content (AvgIpc) is 2.13. The van der Waals surface area contributed by atoms with Crippen molar-refractivity contribution < 1.29 is 18.1 Å². The minimum atomic E-state index is -3.76. The lowest BCUT2D eigenvalue weighted by molar-refractivity contribution is 0.113. The van der Waals surface area contributed by atoms with Crippen LogP contribution in [0.3, 0.4) is 0 Å². The Morgan fingerprint density at radius 3 is 2.29 bits per heavy atom. The molecule has 17 heavy (non-hydrogen) atoms. The Kier molecular flexibility index (Phi) is 9.22. The van der Waals surface area contributed by atoms with Crippen LogP contribution in [0.2, 0.25) is 0 Å². The third-order valence-electron chi connectivity index (χ3n) is 1.23. The molecule has 0 bridgehead atoms. The Hall–Kier alpha value is 1.94. The van der Waals surface area contributed by atoms with E-state index in [4.69, 9.17) is 48.4 Å². The number of hydrogen-bond donors (Lipinski definition) is 0. The van der Waals surface area contributed by atoms with Gasteiger partial charge in [-0.3, -0.25) is 13.6 Å². The molecule has 0 aromatic carbocycles. The minimum absolute atomic E-state index is 0.0123. The van der Waals surface area contributed by atoms with Crippen LogP contribution in [0.15, 0.2) is 0 Å². The Bertz CT molecular complexity index is 274. The zero-order valence-electron chi connectivity index (χ0n) is 9.04. The second-order valence-electron chi connectivity index (χ2n) is 2.90. The fourth-order valence-corrected chi connectivity index (χ4v) is 3.14. The molecule has 0 radical (unpaired) electrons. The van der Waals surface area contributed by atoms with E-state index in [9.17, 15) is 4.57 Å². The lowest BCUT2D eigenvalue weighted by atomic mass is 10.5. The van der Waals surface area contributed by atoms with Gasteiger partial charge >= 0.3 is 7.82 Å². The van der Waals surface area contributed by atoms with Crippen molar-refractivity contribution in [3.8, 4) is 0 Å². The highest BCUT2D eigenvalue weighted by Crippen LogP contribution is 2.54. The van der Waals surface area contributed by atoms with Crippen LogP contribution in [0.1, 0.15) is 13.8 Å². The van der Waals surface area contributed by atoms with Crippen molar-refractivity contribution in [2.45, 2.75) is 27.5 Å². The zero-order valence-corrected chi connectivity index (χ0v) is 15.4. The number of hydrogen-bond acceptors (Lipinski definition) is 4. The van der Waals surface area contributed by atoms with Crippen molar-refractivity contribution in [1.29, 1.82) is 0 Å². The number of halogens is 5. The van der Waals surface area contributed by atoms with Crippen LogP contribution >= 0.6 is 74.5 Å². The normalized spacial score (nSPS) is 19.7. The van der Waals surface area contributed by atoms with E-state index in [0.29, 0.717) is 0 Å². The highest BCUT2D eigenvalue weighted by molar-refractivity contribution is 9.13. The summed E-state index contributed by atoms with van der Waals surface area (Å²) >= 11 is 23.0. The second kappa shape index (κ2) is 8.28. The lowest BCUT2D eigenvalue weighted by Gasteiger charge is -2.24. The molecule has 0 aliphatic rings. The molecule has 0 aliphatic heterocycles. The van der Waals surface area contributed by atoms with E-state index in [1.165, 1.54) is 0 Å². The van der Waals surface area contributed by atoms with Gasteiger partial charge in [0.2, 0.25) is 3.24 Å². The van der Waals surface area contributed by atoms with Crippen molar-refractivity contribution in [3.63, 3.8) is 0 Å². The molecule has 0 fully saturated rings. The summed E-state index contributed by atoms with van der Waals surface area (Å²) in [7, 11) is -3.76. The highest BCUT2D eigenvalue weighted by Gasteiger charge is 2.39. The van der Waals surface area contributed by atoms with Crippen LogP contribution in [0.4, 0.5) is 0 Å². The summed E-state index contributed by atoms with van der Waals surface area (Å²) in [6.07, 6.45) is 0. The summed E-state index contributed by atoms with van der Waals surface area (Å²) < 4.78 is 25.6. The van der Waals surface area contributed by atoms with Gasteiger partial charge in [0.1, 0.15) is 0 Å². The van der Waals surface area contributed by atoms with Gasteiger partial charge in [0, 0.05) is 0 Å². The van der Waals surface area contributed by atoms with Crippen molar-refractivity contribution in [2.24, 2.45) is 0 Å². The molecule has 0 aromatic rings. The van der Waals surface area contributed by atoms with E-state index in [-0.39, 0.29) is 18.6 Å². The summed E-state index contributed by atoms with van der Waals surface area (Å²) in [5, 5.41) is -1.32. The SMILES string of the molecule is CCOP(=O)(OCC(C)Cl)OC(Br)C(Cl)(Cl)Br. The molecule has 3 unspecified atom stereocenters. The van der Waals surface area contributed by atoms with Gasteiger partial charge in [-0.2, -0.15) is 0 Å². The molecule has 0 amide bonds. The van der Waals surface area contributed by atoms with E-state index in [0.717, 1.165) is 0 Å². The van der Waals surface area contributed by atoms with Gasteiger partial charge in [-0.25, -0.2) is 4.57 Å². The number of phosphoric ester groups is 1. The Labute approximate surface area is 132 Å². The number of rotatable bonds is 8. The van der Waals surface area contributed by atoms with Crippen molar-refractivity contribution in [2.75, 3.05) is 13.2 Å². The van der Waals surface area contributed by atoms with Gasteiger partial charge in [0.05, 0.1) is 18.6 Å². The van der Waals surface area contributed by atoms with Gasteiger partial charge in [0.25, 0.3) is 0 Å². The largest absolute Gasteiger partial charge is 0.476 e. The second-order valence-corrected chi connectivity index (χ2v) is 9.65. The predicted octanol–water partition coefficient (Wildman–Crippen LogP) is 5.04. The molecule has 0 saturated carbocycles. The highest BCUT2D eigenvalue weighted by atomic mass is 79.9. The maximum atomic E-state index is 12.1. The predicted molar refractivity (Wildman–Crippen MR) is 77.7 cm³/mol. The van der Waals surface area contributed by atoms with E-state index in [1.807, 2.05) is 0 Å². The molecule has 0 aromatic heterocycles. The smallest absolute Gasteiger partial charge is 0.287 e. The molecule has 10 heteroatoms. The fraction of sp³-hybridized carbons (Fsp3) is 1.00. The standard InChI is InChI=1S/C7H12Br2Cl3O4P/c1-3-14-17(13,15-4-5(2)10)16-6(8)7(9,11)12/h5-6H,3-4H2,1-2H3. The minimum Gasteiger partial charge on any atom is -0.287 e. The third kappa shape index (κ3) is 8.66. The maximum absolute atomic E-state index is 12.1. The molecule has 4 nitrogen and oxygen atoms in total. The summed E-state index contributed by atoms with van der Waals surface area (Å²) in [4.78, 5) is 0. The van der Waals surface area contributed by atoms with Crippen molar-refractivity contribution in [3.05, 3.63) is 0 Å². The van der Waals surface area contributed by atoms with Crippen molar-refractivity contribution >= 4 is 74.5 Å². The zero-order chi connectivity index (χ0) is 13.7. The van der Waals surface area contributed by atoms with E-state index >= 15 is 0 Å². The number of phosphoric acid groups is 1. The molecule has 0 N–H and O–H groups in total. The van der Waals surface area contributed by atoms with Crippen molar-refractivity contribution in [1.82, 2.24) is 0 Å². The maximum Gasteiger partial charge on any atom is 0.476 e. The van der Waals surface area contributed by atoms with Gasteiger partial charge in [-0.05, 0) is 29.8 Å². The van der Waals surface area contributed by atoms with Gasteiger partial charge < -0.3 is 0 Å². The molecule has 0 spiro atoms. The van der Waals surface area contributed by atoms with Gasteiger partial charge in [-0.1, -0.05) is 39.1 Å². The van der Waals surface area contributed by atoms with Crippen LogP contribution < -0.4 is 0 Å². The van der Waals surface area contributed by atoms with Gasteiger partial charge in [0.15, 0.2) is 5.01 Å². The summed E-state index contributed by atoms with van der Waals surface area (Å²) in [5.41, 5.74) is 0. The molecule has 0 aliphatic carbocycles. The van der Waals surface area contributed by atoms with Crippen LogP contribution in [-0.4, -0.2) is 26.8 Å². The molecule has 0 rings (SSSR count). The van der Waals surface area contributed by atoms with Crippen LogP contribution in [-0.2, 0) is 18.1 Å². The molecule has 104 valence electrons. The Balaban J connectivity index is 4.55. The first-order valence-corrected chi connectivity index (χ1v) is 8.89. The molecule has 0 heterocycles. The number of alkyl halides is 5. The Morgan fingerprint density at radius 2 is 1.94 bits per heavy atom. The summed E-state index contributed by atoms with van der Waals surface area (Å²) in [6, 6.07) is 0. The summed E-state index contributed by atoms with van der Waals surface area (Å²) in [5.74, 6) is 0. The first-order chi connectivity index (χ1) is 7.60. The van der Waals surface area contributed by atoms with E-state index in [1.54, 1.807) is 13.8 Å². The molecule has 0 saturated heterocycles.